The van der Waals surface area contributed by atoms with Crippen molar-refractivity contribution < 1.29 is 38.7 Å². The zero-order chi connectivity index (χ0) is 41.6. The lowest BCUT2D eigenvalue weighted by molar-refractivity contribution is -0.138. The van der Waals surface area contributed by atoms with Crippen molar-refractivity contribution >= 4 is 41.4 Å². The van der Waals surface area contributed by atoms with Gasteiger partial charge >= 0.3 is 0 Å². The summed E-state index contributed by atoms with van der Waals surface area (Å²) in [5.41, 5.74) is -1.47. The Balaban J connectivity index is 5.46. The maximum absolute atomic E-state index is 13.6. The van der Waals surface area contributed by atoms with E-state index in [4.69, 9.17) is 0 Å². The van der Waals surface area contributed by atoms with Crippen LogP contribution in [0.4, 0.5) is 0 Å². The van der Waals surface area contributed by atoms with Gasteiger partial charge in [-0.2, -0.15) is 0 Å². The van der Waals surface area contributed by atoms with Gasteiger partial charge in [0.05, 0.1) is 19.2 Å². The lowest BCUT2D eigenvalue weighted by atomic mass is 9.95. The molecule has 0 aliphatic heterocycles. The number of aliphatic hydroxyl groups is 1. The van der Waals surface area contributed by atoms with Crippen molar-refractivity contribution in [2.45, 2.75) is 176 Å². The number of carbonyl (C=O) groups excluding carboxylic acids is 7. The third kappa shape index (κ3) is 20.6. The molecule has 0 radical (unpaired) electrons. The zero-order valence-electron chi connectivity index (χ0n) is 34.9. The molecule has 0 aromatic heterocycles. The quantitative estimate of drug-likeness (QED) is 0.0578. The van der Waals surface area contributed by atoms with Gasteiger partial charge in [0, 0.05) is 6.42 Å². The first-order valence-electron chi connectivity index (χ1n) is 19.9. The van der Waals surface area contributed by atoms with E-state index in [1.54, 1.807) is 6.92 Å². The SMILES string of the molecule is CCCCCCCC(=O)NCC(=O)N[C@@H](C)C(=O)N[C@@H](CC(C)C)C(=O)N[C@](C)(CC)C(=O)N[C@@H](C)C(=O)N[C@@H](CC(C)C)C(=O)N[C@H](CO)CC(C)C. The second-order valence-corrected chi connectivity index (χ2v) is 16.0. The molecule has 15 heteroatoms. The van der Waals surface area contributed by atoms with Crippen LogP contribution in [0.2, 0.25) is 0 Å². The van der Waals surface area contributed by atoms with E-state index in [1.807, 2.05) is 41.5 Å². The second kappa shape index (κ2) is 26.1. The first-order chi connectivity index (χ1) is 25.2. The van der Waals surface area contributed by atoms with Crippen LogP contribution in [0.3, 0.4) is 0 Å². The van der Waals surface area contributed by atoms with Gasteiger partial charge in [0.1, 0.15) is 29.7 Å². The topological polar surface area (TPSA) is 224 Å². The van der Waals surface area contributed by atoms with Crippen LogP contribution in [0.1, 0.15) is 140 Å². The highest BCUT2D eigenvalue weighted by molar-refractivity contribution is 5.98. The number of nitrogens with one attached hydrogen (secondary N) is 7. The Kier molecular flexibility index (Phi) is 24.3. The summed E-state index contributed by atoms with van der Waals surface area (Å²) in [4.78, 5) is 91.2. The highest BCUT2D eigenvalue weighted by atomic mass is 16.3. The minimum Gasteiger partial charge on any atom is -0.394 e. The lowest BCUT2D eigenvalue weighted by Gasteiger charge is -2.32. The Bertz CT molecular complexity index is 1210. The Labute approximate surface area is 323 Å². The fourth-order valence-electron chi connectivity index (χ4n) is 5.65. The van der Waals surface area contributed by atoms with Crippen LogP contribution >= 0.6 is 0 Å². The summed E-state index contributed by atoms with van der Waals surface area (Å²) in [6, 6.07) is -4.49. The molecule has 0 unspecified atom stereocenters. The van der Waals surface area contributed by atoms with Gasteiger partial charge in [-0.05, 0) is 70.6 Å². The fraction of sp³-hybridized carbons (Fsp3) is 0.821. The van der Waals surface area contributed by atoms with Crippen LogP contribution in [0.15, 0.2) is 0 Å². The highest BCUT2D eigenvalue weighted by Gasteiger charge is 2.38. The molecule has 0 heterocycles. The Hall–Kier alpha value is -3.75. The number of hydrogen-bond donors (Lipinski definition) is 8. The van der Waals surface area contributed by atoms with Crippen LogP contribution < -0.4 is 37.2 Å². The van der Waals surface area contributed by atoms with Crippen LogP contribution in [0, 0.1) is 17.8 Å². The van der Waals surface area contributed by atoms with Crippen molar-refractivity contribution in [3.63, 3.8) is 0 Å². The van der Waals surface area contributed by atoms with E-state index >= 15 is 0 Å². The predicted molar refractivity (Wildman–Crippen MR) is 210 cm³/mol. The van der Waals surface area contributed by atoms with Crippen LogP contribution in [0.5, 0.6) is 0 Å². The van der Waals surface area contributed by atoms with Gasteiger partial charge in [0.2, 0.25) is 41.4 Å². The van der Waals surface area contributed by atoms with Crippen LogP contribution in [-0.4, -0.2) is 95.4 Å². The number of amides is 7. The molecule has 6 atom stereocenters. The number of aliphatic hydroxyl groups excluding tert-OH is 1. The number of rotatable bonds is 27. The molecule has 15 nitrogen and oxygen atoms in total. The number of carbonyl (C=O) groups is 7. The van der Waals surface area contributed by atoms with Crippen molar-refractivity contribution in [2.75, 3.05) is 13.2 Å². The third-order valence-electron chi connectivity index (χ3n) is 9.08. The van der Waals surface area contributed by atoms with Gasteiger partial charge in [0.15, 0.2) is 0 Å². The van der Waals surface area contributed by atoms with E-state index in [0.29, 0.717) is 19.3 Å². The summed E-state index contributed by atoms with van der Waals surface area (Å²) in [5.74, 6) is -3.42. The van der Waals surface area contributed by atoms with Gasteiger partial charge in [0.25, 0.3) is 0 Å². The smallest absolute Gasteiger partial charge is 0.246 e. The van der Waals surface area contributed by atoms with Crippen molar-refractivity contribution in [2.24, 2.45) is 17.8 Å². The predicted octanol–water partition coefficient (Wildman–Crippen LogP) is 2.34. The maximum Gasteiger partial charge on any atom is 0.246 e. The fourth-order valence-corrected chi connectivity index (χ4v) is 5.65. The summed E-state index contributed by atoms with van der Waals surface area (Å²) in [7, 11) is 0. The summed E-state index contributed by atoms with van der Waals surface area (Å²) >= 11 is 0. The molecular formula is C39H73N7O8. The standard InChI is InChI=1S/C39H73N7O8/c1-12-14-15-16-17-18-32(48)40-22-33(49)41-27(9)34(50)45-31(21-26(7)8)37(53)46-39(11,13-2)38(54)42-28(10)35(51)44-30(20-25(5)6)36(52)43-29(23-47)19-24(3)4/h24-31,47H,12-23H2,1-11H3,(H,40,48)(H,41,49)(H,42,54)(H,43,52)(H,44,51)(H,45,50)(H,46,53)/t27-,28-,29-,30-,31-,39+/m0/s1. The zero-order valence-corrected chi connectivity index (χ0v) is 34.9. The molecular weight excluding hydrogens is 694 g/mol. The van der Waals surface area contributed by atoms with E-state index in [2.05, 4.69) is 44.1 Å². The Morgan fingerprint density at radius 1 is 0.574 bits per heavy atom. The van der Waals surface area contributed by atoms with Gasteiger partial charge in [-0.3, -0.25) is 33.6 Å². The van der Waals surface area contributed by atoms with E-state index in [1.165, 1.54) is 20.8 Å². The largest absolute Gasteiger partial charge is 0.394 e. The van der Waals surface area contributed by atoms with Crippen LogP contribution in [0.25, 0.3) is 0 Å². The second-order valence-electron chi connectivity index (χ2n) is 16.0. The third-order valence-corrected chi connectivity index (χ3v) is 9.08. The molecule has 0 saturated heterocycles. The summed E-state index contributed by atoms with van der Waals surface area (Å²) in [5, 5.41) is 28.5. The molecule has 0 fully saturated rings. The summed E-state index contributed by atoms with van der Waals surface area (Å²) in [6.45, 7) is 19.3. The number of hydrogen-bond acceptors (Lipinski definition) is 8. The molecule has 7 amide bonds. The van der Waals surface area contributed by atoms with E-state index < -0.39 is 71.2 Å². The average molecular weight is 768 g/mol. The summed E-state index contributed by atoms with van der Waals surface area (Å²) < 4.78 is 0. The van der Waals surface area contributed by atoms with Gasteiger partial charge < -0.3 is 42.3 Å². The van der Waals surface area contributed by atoms with Gasteiger partial charge in [-0.25, -0.2) is 0 Å². The molecule has 54 heavy (non-hydrogen) atoms. The molecule has 0 aromatic rings. The molecule has 0 spiro atoms. The minimum atomic E-state index is -1.47. The maximum atomic E-state index is 13.6. The van der Waals surface area contributed by atoms with Crippen molar-refractivity contribution in [1.82, 2.24) is 37.2 Å². The number of unbranched alkanes of at least 4 members (excludes halogenated alkanes) is 4. The Morgan fingerprint density at radius 2 is 1.07 bits per heavy atom. The van der Waals surface area contributed by atoms with Gasteiger partial charge in [-0.15, -0.1) is 0 Å². The first kappa shape index (κ1) is 50.2. The molecule has 0 rings (SSSR count). The molecule has 8 N–H and O–H groups in total. The lowest BCUT2D eigenvalue weighted by Crippen LogP contribution is -2.63. The molecule has 0 aliphatic rings. The molecule has 0 aromatic carbocycles. The highest BCUT2D eigenvalue weighted by Crippen LogP contribution is 2.14. The first-order valence-corrected chi connectivity index (χ1v) is 19.9. The van der Waals surface area contributed by atoms with E-state index in [-0.39, 0.29) is 49.7 Å². The molecule has 312 valence electrons. The van der Waals surface area contributed by atoms with Crippen molar-refractivity contribution in [3.8, 4) is 0 Å². The van der Waals surface area contributed by atoms with Crippen molar-refractivity contribution in [3.05, 3.63) is 0 Å². The molecule has 0 bridgehead atoms. The average Bonchev–Trinajstić information content (AvgIpc) is 3.08. The van der Waals surface area contributed by atoms with Gasteiger partial charge in [-0.1, -0.05) is 81.1 Å². The normalized spacial score (nSPS) is 15.2. The molecule has 0 aliphatic carbocycles. The van der Waals surface area contributed by atoms with Crippen LogP contribution in [-0.2, 0) is 33.6 Å². The van der Waals surface area contributed by atoms with E-state index in [0.717, 1.165) is 32.1 Å². The Morgan fingerprint density at radius 3 is 1.56 bits per heavy atom. The summed E-state index contributed by atoms with van der Waals surface area (Å²) in [6.07, 6.45) is 6.57. The minimum absolute atomic E-state index is 0.0254. The monoisotopic (exact) mass is 768 g/mol. The van der Waals surface area contributed by atoms with Crippen molar-refractivity contribution in [1.29, 1.82) is 0 Å². The van der Waals surface area contributed by atoms with E-state index in [9.17, 15) is 38.7 Å². The molecule has 0 saturated carbocycles.